The first kappa shape index (κ1) is 20.5. The van der Waals surface area contributed by atoms with E-state index in [4.69, 9.17) is 4.74 Å². The lowest BCUT2D eigenvalue weighted by Gasteiger charge is -2.36. The maximum absolute atomic E-state index is 11.7. The molecule has 3 aromatic rings. The van der Waals surface area contributed by atoms with Crippen LogP contribution in [0.5, 0.6) is 11.5 Å². The van der Waals surface area contributed by atoms with E-state index in [9.17, 15) is 9.90 Å². The number of nitrogens with one attached hydrogen (secondary N) is 2. The fourth-order valence-electron chi connectivity index (χ4n) is 3.50. The number of anilines is 3. The Labute approximate surface area is 179 Å². The maximum atomic E-state index is 11.7. The Morgan fingerprint density at radius 1 is 1.13 bits per heavy atom. The molecular formula is C21H25N7O3. The summed E-state index contributed by atoms with van der Waals surface area (Å²) in [4.78, 5) is 29.6. The summed E-state index contributed by atoms with van der Waals surface area (Å²) in [7, 11) is 1.54. The van der Waals surface area contributed by atoms with Crippen LogP contribution in [0.3, 0.4) is 0 Å². The minimum atomic E-state index is -0.325. The van der Waals surface area contributed by atoms with Crippen LogP contribution in [0.2, 0.25) is 0 Å². The number of ether oxygens (including phenoxy) is 1. The van der Waals surface area contributed by atoms with E-state index in [1.165, 1.54) is 6.20 Å². The molecular weight excluding hydrogens is 398 g/mol. The standard InChI is InChI=1S/C21H25N7O3/c1-3-22-21(30)25-18-13-23-15-5-7-19(26-20(15)24-18)28-10-8-27(9-11-28)14-4-6-16(29)17(12-14)31-2/h4-7,12-13,29H,3,8-11H2,1-2H3,(H2,22,24,25,26,30). The molecule has 10 nitrogen and oxygen atoms in total. The third kappa shape index (κ3) is 4.52. The molecule has 0 saturated carbocycles. The monoisotopic (exact) mass is 423 g/mol. The van der Waals surface area contributed by atoms with Crippen LogP contribution in [0.15, 0.2) is 36.5 Å². The number of hydrogen-bond donors (Lipinski definition) is 3. The lowest BCUT2D eigenvalue weighted by molar-refractivity contribution is 0.252. The van der Waals surface area contributed by atoms with Gasteiger partial charge in [0.25, 0.3) is 0 Å². The Bertz CT molecular complexity index is 1080. The molecule has 162 valence electrons. The predicted octanol–water partition coefficient (Wildman–Crippen LogP) is 2.21. The second-order valence-corrected chi connectivity index (χ2v) is 7.08. The quantitative estimate of drug-likeness (QED) is 0.572. The highest BCUT2D eigenvalue weighted by atomic mass is 16.5. The topological polar surface area (TPSA) is 116 Å². The third-order valence-electron chi connectivity index (χ3n) is 5.10. The van der Waals surface area contributed by atoms with Gasteiger partial charge in [0.05, 0.1) is 13.3 Å². The van der Waals surface area contributed by atoms with E-state index in [1.807, 2.05) is 31.2 Å². The number of methoxy groups -OCH3 is 1. The van der Waals surface area contributed by atoms with Crippen molar-refractivity contribution in [2.45, 2.75) is 6.92 Å². The number of urea groups is 1. The number of fused-ring (bicyclic) bond motifs is 1. The summed E-state index contributed by atoms with van der Waals surface area (Å²) in [5, 5.41) is 15.1. The van der Waals surface area contributed by atoms with Gasteiger partial charge in [0.2, 0.25) is 0 Å². The molecule has 2 amide bonds. The normalized spacial score (nSPS) is 13.9. The van der Waals surface area contributed by atoms with E-state index in [-0.39, 0.29) is 11.8 Å². The summed E-state index contributed by atoms with van der Waals surface area (Å²) in [6.07, 6.45) is 1.52. The first-order chi connectivity index (χ1) is 15.1. The SMILES string of the molecule is CCNC(=O)Nc1cnc2ccc(N3CCN(c4ccc(O)c(OC)c4)CC3)nc2n1. The molecule has 0 spiro atoms. The zero-order valence-electron chi connectivity index (χ0n) is 17.5. The summed E-state index contributed by atoms with van der Waals surface area (Å²) in [6, 6.07) is 8.88. The van der Waals surface area contributed by atoms with Gasteiger partial charge in [-0.2, -0.15) is 0 Å². The van der Waals surface area contributed by atoms with E-state index >= 15 is 0 Å². The number of nitrogens with zero attached hydrogens (tertiary/aromatic N) is 5. The van der Waals surface area contributed by atoms with E-state index < -0.39 is 0 Å². The van der Waals surface area contributed by atoms with Gasteiger partial charge in [-0.25, -0.2) is 19.7 Å². The number of phenolic OH excluding ortho intramolecular Hbond substituents is 1. The smallest absolute Gasteiger partial charge is 0.320 e. The summed E-state index contributed by atoms with van der Waals surface area (Å²) < 4.78 is 5.21. The molecule has 1 saturated heterocycles. The van der Waals surface area contributed by atoms with Crippen molar-refractivity contribution < 1.29 is 14.6 Å². The van der Waals surface area contributed by atoms with Gasteiger partial charge in [0.15, 0.2) is 23.0 Å². The number of pyridine rings is 1. The Balaban J connectivity index is 1.46. The van der Waals surface area contributed by atoms with Gasteiger partial charge in [-0.1, -0.05) is 0 Å². The Morgan fingerprint density at radius 3 is 2.65 bits per heavy atom. The first-order valence-corrected chi connectivity index (χ1v) is 10.1. The van der Waals surface area contributed by atoms with Gasteiger partial charge in [0.1, 0.15) is 11.3 Å². The van der Waals surface area contributed by atoms with Gasteiger partial charge in [-0.3, -0.25) is 5.32 Å². The first-order valence-electron chi connectivity index (χ1n) is 10.1. The molecule has 0 bridgehead atoms. The average molecular weight is 423 g/mol. The maximum Gasteiger partial charge on any atom is 0.320 e. The number of phenols is 1. The van der Waals surface area contributed by atoms with Gasteiger partial charge >= 0.3 is 6.03 Å². The Morgan fingerprint density at radius 2 is 1.90 bits per heavy atom. The molecule has 1 aliphatic heterocycles. The van der Waals surface area contributed by atoms with E-state index in [0.29, 0.717) is 29.3 Å². The van der Waals surface area contributed by atoms with Gasteiger partial charge in [-0.05, 0) is 31.2 Å². The van der Waals surface area contributed by atoms with Crippen molar-refractivity contribution in [3.63, 3.8) is 0 Å². The largest absolute Gasteiger partial charge is 0.504 e. The molecule has 10 heteroatoms. The van der Waals surface area contributed by atoms with E-state index in [0.717, 1.165) is 37.7 Å². The number of carbonyl (C=O) groups is 1. The predicted molar refractivity (Wildman–Crippen MR) is 119 cm³/mol. The van der Waals surface area contributed by atoms with Crippen molar-refractivity contribution >= 4 is 34.5 Å². The van der Waals surface area contributed by atoms with Crippen molar-refractivity contribution in [3.05, 3.63) is 36.5 Å². The average Bonchev–Trinajstić information content (AvgIpc) is 2.79. The van der Waals surface area contributed by atoms with Crippen molar-refractivity contribution in [1.82, 2.24) is 20.3 Å². The van der Waals surface area contributed by atoms with Crippen LogP contribution in [-0.2, 0) is 0 Å². The molecule has 0 unspecified atom stereocenters. The van der Waals surface area contributed by atoms with Crippen molar-refractivity contribution in [3.8, 4) is 11.5 Å². The van der Waals surface area contributed by atoms with Gasteiger partial charge < -0.3 is 25.0 Å². The van der Waals surface area contributed by atoms with Crippen LogP contribution in [0.25, 0.3) is 11.2 Å². The summed E-state index contributed by atoms with van der Waals surface area (Å²) >= 11 is 0. The molecule has 3 heterocycles. The number of benzene rings is 1. The molecule has 2 aromatic heterocycles. The highest BCUT2D eigenvalue weighted by molar-refractivity contribution is 5.89. The molecule has 1 aliphatic rings. The lowest BCUT2D eigenvalue weighted by Crippen LogP contribution is -2.46. The zero-order chi connectivity index (χ0) is 21.8. The van der Waals surface area contributed by atoms with Gasteiger partial charge in [0, 0.05) is 44.5 Å². The minimum absolute atomic E-state index is 0.132. The van der Waals surface area contributed by atoms with Crippen molar-refractivity contribution in [2.24, 2.45) is 0 Å². The number of carbonyl (C=O) groups excluding carboxylic acids is 1. The Kier molecular flexibility index (Phi) is 5.87. The second-order valence-electron chi connectivity index (χ2n) is 7.08. The number of hydrogen-bond acceptors (Lipinski definition) is 8. The number of aromatic hydroxyl groups is 1. The van der Waals surface area contributed by atoms with Crippen LogP contribution in [0.1, 0.15) is 6.92 Å². The third-order valence-corrected chi connectivity index (χ3v) is 5.10. The summed E-state index contributed by atoms with van der Waals surface area (Å²) in [5.74, 6) is 1.77. The summed E-state index contributed by atoms with van der Waals surface area (Å²) in [5.41, 5.74) is 2.16. The summed E-state index contributed by atoms with van der Waals surface area (Å²) in [6.45, 7) is 5.55. The number of rotatable bonds is 5. The second kappa shape index (κ2) is 8.90. The number of aromatic nitrogens is 3. The highest BCUT2D eigenvalue weighted by Crippen LogP contribution is 2.31. The van der Waals surface area contributed by atoms with E-state index in [2.05, 4.69) is 35.4 Å². The van der Waals surface area contributed by atoms with E-state index in [1.54, 1.807) is 13.2 Å². The fourth-order valence-corrected chi connectivity index (χ4v) is 3.50. The minimum Gasteiger partial charge on any atom is -0.504 e. The highest BCUT2D eigenvalue weighted by Gasteiger charge is 2.20. The zero-order valence-corrected chi connectivity index (χ0v) is 17.5. The molecule has 1 aromatic carbocycles. The van der Waals surface area contributed by atoms with Crippen molar-refractivity contribution in [1.29, 1.82) is 0 Å². The molecule has 0 radical (unpaired) electrons. The van der Waals surface area contributed by atoms with Crippen LogP contribution in [0, 0.1) is 0 Å². The number of amides is 2. The molecule has 0 atom stereocenters. The molecule has 31 heavy (non-hydrogen) atoms. The van der Waals surface area contributed by atoms with Crippen LogP contribution >= 0.6 is 0 Å². The van der Waals surface area contributed by atoms with Gasteiger partial charge in [-0.15, -0.1) is 0 Å². The van der Waals surface area contributed by atoms with Crippen molar-refractivity contribution in [2.75, 3.05) is 55.0 Å². The number of piperazine rings is 1. The molecule has 3 N–H and O–H groups in total. The fraction of sp³-hybridized carbons (Fsp3) is 0.333. The Hall–Kier alpha value is -3.82. The molecule has 0 aliphatic carbocycles. The van der Waals surface area contributed by atoms with Crippen LogP contribution in [0.4, 0.5) is 22.1 Å². The molecule has 1 fully saturated rings. The van der Waals surface area contributed by atoms with Crippen LogP contribution in [-0.4, -0.2) is 65.9 Å². The molecule has 4 rings (SSSR count). The lowest BCUT2D eigenvalue weighted by atomic mass is 10.2. The van der Waals surface area contributed by atoms with Crippen LogP contribution < -0.4 is 25.2 Å².